The first-order valence-corrected chi connectivity index (χ1v) is 62.0. The number of fused-ring (bicyclic) bond motifs is 21. The van der Waals surface area contributed by atoms with Gasteiger partial charge in [-0.2, -0.15) is 0 Å². The fourth-order valence-electron chi connectivity index (χ4n) is 39.5. The van der Waals surface area contributed by atoms with Crippen LogP contribution in [0.3, 0.4) is 0 Å². The van der Waals surface area contributed by atoms with Crippen molar-refractivity contribution in [3.8, 4) is 0 Å². The molecule has 24 heteroatoms. The van der Waals surface area contributed by atoms with E-state index < -0.39 is 59.8 Å². The number of nitrogens with zero attached hydrogens (tertiary/aromatic N) is 4. The summed E-state index contributed by atoms with van der Waals surface area (Å²) in [6.45, 7) is 78.5. The maximum Gasteiger partial charge on any atom is 0.319 e. The highest BCUT2D eigenvalue weighted by molar-refractivity contribution is 7.91. The highest BCUT2D eigenvalue weighted by Gasteiger charge is 2.76. The van der Waals surface area contributed by atoms with Crippen molar-refractivity contribution in [3.63, 3.8) is 0 Å². The number of amides is 2. The zero-order valence-electron chi connectivity index (χ0n) is 95.9. The molecular formula is C122H203N7O15S2. The summed E-state index contributed by atoms with van der Waals surface area (Å²) in [5.74, 6) is 7.87. The Kier molecular flexibility index (Phi) is 33.4. The van der Waals surface area contributed by atoms with Crippen molar-refractivity contribution in [1.82, 2.24) is 30.2 Å². The lowest BCUT2D eigenvalue weighted by atomic mass is 9.33. The minimum absolute atomic E-state index is 0.0607. The third kappa shape index (κ3) is 20.4. The molecule has 27 atom stereocenters. The van der Waals surface area contributed by atoms with Gasteiger partial charge in [-0.05, 0) is 485 Å². The van der Waals surface area contributed by atoms with Crippen LogP contribution in [0.15, 0.2) is 36.5 Å². The zero-order valence-corrected chi connectivity index (χ0v) is 97.5. The second kappa shape index (κ2) is 41.8. The molecule has 0 aromatic rings. The van der Waals surface area contributed by atoms with Gasteiger partial charge in [-0.15, -0.1) is 0 Å². The normalized spacial score (nSPS) is 42.8. The number of piperidine rings is 3. The summed E-state index contributed by atoms with van der Waals surface area (Å²) < 4.78 is 50.2. The lowest BCUT2D eigenvalue weighted by molar-refractivity contribution is -0.240. The Hall–Kier alpha value is -4.72. The molecule has 0 aromatic heterocycles. The maximum atomic E-state index is 13.8. The maximum absolute atomic E-state index is 13.8. The number of hydrogen-bond donors (Lipinski definition) is 5. The fraction of sp³-hybridized carbons (Fsp3) is 0.885. The SMILES string of the molecule is C=C(C)[C@@H]1CC[C@]2(C=O)CC[C@]3(C)[C@H](CC[C@@H]4[C@@]5(C)CCN(C(=O)CCC(C)(C)C(=O)O)C(C)(C)[C@@H]5CC[C@]43C)[C@@H]12.C=C(C)[C@@H]1CC[C@]2(C=O)CC[C@]3(C)[C@H](CC[C@@H]4[C@@]5(C)CCNC(C)(C)[C@@H]5CC[C@]43C)[C@@H]12.C=C(C)[C@@H]1CC[C@]2(CNCCCN3CCS(=O)(=O)CC3)CC[C@]3(C)[C@H](CC[C@@H]4[C@@]5(C)CCN(C(=O)CCC(C)(C)C(=O)O)C(C)(C)[C@@H]5CC[C@]43C)[C@@H]12.CC1(C)CCC(=O)OC1=O.NCCCN1CCS(=O)(=O)CC1. The Balaban J connectivity index is 0.000000159. The molecule has 22 nitrogen and oxygen atoms in total. The molecule has 2 amide bonds. The Morgan fingerprint density at radius 1 is 0.445 bits per heavy atom. The van der Waals surface area contributed by atoms with E-state index in [2.05, 4.69) is 179 Å². The highest BCUT2D eigenvalue weighted by Crippen LogP contribution is 2.81. The molecule has 828 valence electrons. The predicted molar refractivity (Wildman–Crippen MR) is 584 cm³/mol. The molecule has 18 rings (SSSR count). The van der Waals surface area contributed by atoms with Gasteiger partial charge in [-0.3, -0.25) is 28.8 Å². The van der Waals surface area contributed by atoms with Crippen LogP contribution in [0.25, 0.3) is 0 Å². The van der Waals surface area contributed by atoms with Crippen molar-refractivity contribution < 1.29 is 70.1 Å². The third-order valence-electron chi connectivity index (χ3n) is 49.0. The van der Waals surface area contributed by atoms with Gasteiger partial charge in [-0.1, -0.05) is 98.8 Å². The third-order valence-corrected chi connectivity index (χ3v) is 52.2. The number of allylic oxidation sites excluding steroid dienone is 3. The Morgan fingerprint density at radius 2 is 0.815 bits per heavy atom. The van der Waals surface area contributed by atoms with Crippen LogP contribution in [0, 0.1) is 170 Å². The second-order valence-corrected chi connectivity index (χ2v) is 62.7. The summed E-state index contributed by atoms with van der Waals surface area (Å²) in [5.41, 5.74) is 9.38. The molecule has 0 unspecified atom stereocenters. The summed E-state index contributed by atoms with van der Waals surface area (Å²) >= 11 is 0. The summed E-state index contributed by atoms with van der Waals surface area (Å²) in [6, 6.07) is 0. The van der Waals surface area contributed by atoms with Crippen LogP contribution in [-0.4, -0.2) is 213 Å². The molecule has 18 fully saturated rings. The van der Waals surface area contributed by atoms with Crippen molar-refractivity contribution in [2.24, 2.45) is 176 Å². The number of carboxylic acid groups (broad SMARTS) is 2. The highest BCUT2D eigenvalue weighted by atomic mass is 32.2. The number of aliphatic carboxylic acids is 2. The van der Waals surface area contributed by atoms with Gasteiger partial charge in [0.2, 0.25) is 11.8 Å². The first-order chi connectivity index (χ1) is 67.7. The van der Waals surface area contributed by atoms with Crippen LogP contribution in [0.4, 0.5) is 0 Å². The van der Waals surface area contributed by atoms with Crippen LogP contribution in [0.2, 0.25) is 0 Å². The molecule has 0 radical (unpaired) electrons. The number of aldehydes is 2. The number of hydrogen-bond acceptors (Lipinski definition) is 18. The van der Waals surface area contributed by atoms with Crippen molar-refractivity contribution in [1.29, 1.82) is 0 Å². The van der Waals surface area contributed by atoms with Gasteiger partial charge in [0.05, 0.1) is 39.3 Å². The lowest BCUT2D eigenvalue weighted by Gasteiger charge is -2.73. The minimum Gasteiger partial charge on any atom is -0.481 e. The first-order valence-electron chi connectivity index (χ1n) is 58.4. The number of carboxylic acids is 2. The van der Waals surface area contributed by atoms with E-state index in [9.17, 15) is 65.4 Å². The molecule has 6 aliphatic heterocycles. The van der Waals surface area contributed by atoms with E-state index in [4.69, 9.17) is 5.73 Å². The smallest absolute Gasteiger partial charge is 0.319 e. The van der Waals surface area contributed by atoms with Gasteiger partial charge in [0.25, 0.3) is 0 Å². The Labute approximate surface area is 883 Å². The van der Waals surface area contributed by atoms with Gasteiger partial charge in [-0.25, -0.2) is 16.8 Å². The molecule has 0 aromatic carbocycles. The topological polar surface area (TPSA) is 318 Å². The molecule has 0 spiro atoms. The van der Waals surface area contributed by atoms with Crippen LogP contribution in [-0.2, 0) is 62.8 Å². The average Bonchev–Trinajstić information content (AvgIpc) is 1.13. The molecule has 12 aliphatic carbocycles. The molecule has 0 bridgehead atoms. The summed E-state index contributed by atoms with van der Waals surface area (Å²) in [6.07, 6.45) is 39.7. The Morgan fingerprint density at radius 3 is 1.19 bits per heavy atom. The number of carbonyl (C=O) groups is 8. The molecular weight excluding hydrogens is 1870 g/mol. The molecule has 18 aliphatic rings. The van der Waals surface area contributed by atoms with E-state index in [-0.39, 0.29) is 78.2 Å². The van der Waals surface area contributed by atoms with E-state index in [1.807, 2.05) is 0 Å². The van der Waals surface area contributed by atoms with Gasteiger partial charge in [0.1, 0.15) is 12.6 Å². The number of carbonyl (C=O) groups excluding carboxylic acids is 6. The molecule has 6 saturated heterocycles. The Bertz CT molecular complexity index is 5090. The lowest BCUT2D eigenvalue weighted by Crippen LogP contribution is -2.70. The van der Waals surface area contributed by atoms with E-state index in [1.165, 1.54) is 145 Å². The standard InChI is InChI=1S/C43H73N3O5S.C36H57NO4.C29H47NO.C7H16N2O2S.C7H10O3/c1-30(2)31-13-18-43(29-44-22-10-23-45-25-27-52(50,51)28-26-45)20-19-41(8)32(36(31)43)11-12-34-40(7)21-24-46(35(47)15-16-38(3,4)37(48)49)39(5,6)33(40)14-17-42(34,41)9;1-23(2)24-12-17-36(22-38)19-18-34(8)25(29(24)36)10-11-27-33(7)20-21-37(28(39)14-15-31(3,4)30(40)41)32(5,6)26(33)13-16-35(27,34)9;1-19(2)20-10-13-29(18-31)15-14-27(6)21(24(20)29)8-9-23-26(5)16-17-30-25(3,4)22(26)11-12-28(23,27)7;8-2-1-3-9-4-6-12(10,11)7-5-9;1-7(2)4-3-5(8)10-6(7)9/h31-34,36,44H,1,10-29H2,2-9H3,(H,48,49);22,24-27,29H,1,10-21H2,2-9H3,(H,40,41);18,20-24,30H,1,8-17H2,2-7H3;1-8H2;3-4H2,1-2H3/t31-,32+,33-,34+,36+,40-,41+,42+,43+;24-,25+,26-,27+,29+,33-,34+,35+,36+;20-,21+,22-,23+,24+,26-,27+,28+,29+;;/m000../s1. The predicted octanol–water partition coefficient (Wildman–Crippen LogP) is 22.1. The molecule has 6 N–H and O–H groups in total. The van der Waals surface area contributed by atoms with Crippen molar-refractivity contribution >= 4 is 67.9 Å². The van der Waals surface area contributed by atoms with Crippen LogP contribution in [0.5, 0.6) is 0 Å². The largest absolute Gasteiger partial charge is 0.481 e. The summed E-state index contributed by atoms with van der Waals surface area (Å²) in [7, 11) is -5.55. The van der Waals surface area contributed by atoms with Crippen molar-refractivity contribution in [2.45, 2.75) is 408 Å². The van der Waals surface area contributed by atoms with Crippen molar-refractivity contribution in [3.05, 3.63) is 36.5 Å². The summed E-state index contributed by atoms with van der Waals surface area (Å²) in [5, 5.41) is 27.1. The van der Waals surface area contributed by atoms with E-state index in [0.717, 1.165) is 128 Å². The van der Waals surface area contributed by atoms with E-state index in [0.29, 0.717) is 186 Å². The van der Waals surface area contributed by atoms with E-state index in [1.54, 1.807) is 41.5 Å². The quantitative estimate of drug-likeness (QED) is 0.0221. The number of nitrogens with one attached hydrogen (secondary N) is 2. The van der Waals surface area contributed by atoms with E-state index >= 15 is 0 Å². The number of sulfone groups is 2. The van der Waals surface area contributed by atoms with Gasteiger partial charge < -0.3 is 60.5 Å². The number of cyclic esters (lactones) is 2. The monoisotopic (exact) mass is 2070 g/mol. The number of likely N-dealkylation sites (tertiary alicyclic amines) is 2. The number of ether oxygens (including phenoxy) is 1. The van der Waals surface area contributed by atoms with Crippen LogP contribution >= 0.6 is 0 Å². The number of esters is 2. The van der Waals surface area contributed by atoms with Gasteiger partial charge in [0, 0.05) is 92.5 Å². The summed E-state index contributed by atoms with van der Waals surface area (Å²) in [4.78, 5) is 106. The second-order valence-electron chi connectivity index (χ2n) is 58.1. The molecule has 12 saturated carbocycles. The molecule has 146 heavy (non-hydrogen) atoms. The van der Waals surface area contributed by atoms with Gasteiger partial charge >= 0.3 is 23.9 Å². The average molecular weight is 2070 g/mol. The zero-order chi connectivity index (χ0) is 108. The fourth-order valence-corrected chi connectivity index (χ4v) is 42.1. The first kappa shape index (κ1) is 117. The number of rotatable bonds is 22. The number of nitrogens with two attached hydrogens (primary N) is 1. The van der Waals surface area contributed by atoms with Crippen LogP contribution in [0.1, 0.15) is 391 Å². The minimum atomic E-state index is -2.84. The van der Waals surface area contributed by atoms with Gasteiger partial charge in [0.15, 0.2) is 19.7 Å². The molecule has 6 heterocycles. The van der Waals surface area contributed by atoms with Crippen LogP contribution < -0.4 is 16.4 Å². The van der Waals surface area contributed by atoms with Crippen molar-refractivity contribution in [2.75, 3.05) is 102 Å².